The van der Waals surface area contributed by atoms with E-state index in [0.717, 1.165) is 0 Å². The molecule has 0 N–H and O–H groups in total. The fourth-order valence-corrected chi connectivity index (χ4v) is 4.06. The van der Waals surface area contributed by atoms with E-state index in [1.54, 1.807) is 0 Å². The Labute approximate surface area is 174 Å². The Bertz CT molecular complexity index is 432. The van der Waals surface area contributed by atoms with E-state index >= 15 is 0 Å². The van der Waals surface area contributed by atoms with E-state index in [4.69, 9.17) is 0 Å². The molecule has 2 rings (SSSR count). The lowest BCUT2D eigenvalue weighted by Gasteiger charge is -2.33. The molecule has 25 heavy (non-hydrogen) atoms. The van der Waals surface area contributed by atoms with Gasteiger partial charge in [0, 0.05) is 6.42 Å². The van der Waals surface area contributed by atoms with Crippen molar-refractivity contribution in [3.05, 3.63) is 35.4 Å². The van der Waals surface area contributed by atoms with Crippen molar-refractivity contribution in [3.63, 3.8) is 0 Å². The van der Waals surface area contributed by atoms with Crippen molar-refractivity contribution in [3.8, 4) is 0 Å². The minimum Gasteiger partial charge on any atom is -1.00 e. The number of quaternary nitrogens is 1. The lowest BCUT2D eigenvalue weighted by molar-refractivity contribution is -0.908. The zero-order valence-electron chi connectivity index (χ0n) is 16.7. The Kier molecular flexibility index (Phi) is 12.1. The van der Waals surface area contributed by atoms with Crippen LogP contribution in [0.5, 0.6) is 0 Å². The molecule has 1 nitrogen and oxygen atoms in total. The summed E-state index contributed by atoms with van der Waals surface area (Å²) in [5, 5.41) is 0. The molecule has 1 aromatic rings. The summed E-state index contributed by atoms with van der Waals surface area (Å²) in [6.45, 7) is 6.37. The summed E-state index contributed by atoms with van der Waals surface area (Å²) >= 11 is 0. The molecule has 0 atom stereocenters. The second-order valence-corrected chi connectivity index (χ2v) is 8.29. The SMILES string of the molecule is CCCCCCCCc1ccc(CC[N+]2(C)CCCCCC2)cc1.[I-]. The van der Waals surface area contributed by atoms with Crippen LogP contribution in [0.2, 0.25) is 0 Å². The number of likely N-dealkylation sites (tertiary alicyclic amines) is 1. The van der Waals surface area contributed by atoms with Gasteiger partial charge in [-0.05, 0) is 49.7 Å². The minimum atomic E-state index is 0. The number of unbranched alkanes of at least 4 members (excludes halogenated alkanes) is 5. The van der Waals surface area contributed by atoms with Crippen LogP contribution in [-0.2, 0) is 12.8 Å². The second kappa shape index (κ2) is 13.1. The number of rotatable bonds is 10. The second-order valence-electron chi connectivity index (χ2n) is 8.29. The summed E-state index contributed by atoms with van der Waals surface area (Å²) in [5.74, 6) is 0. The molecule has 0 radical (unpaired) electrons. The van der Waals surface area contributed by atoms with E-state index in [-0.39, 0.29) is 24.0 Å². The Morgan fingerprint density at radius 1 is 0.720 bits per heavy atom. The molecule has 0 bridgehead atoms. The maximum absolute atomic E-state index is 2.47. The first-order valence-corrected chi connectivity index (χ1v) is 10.6. The van der Waals surface area contributed by atoms with E-state index in [2.05, 4.69) is 38.2 Å². The Morgan fingerprint density at radius 3 is 1.84 bits per heavy atom. The van der Waals surface area contributed by atoms with Crippen molar-refractivity contribution < 1.29 is 28.5 Å². The van der Waals surface area contributed by atoms with E-state index in [1.165, 1.54) is 112 Å². The zero-order valence-corrected chi connectivity index (χ0v) is 18.9. The monoisotopic (exact) mass is 457 g/mol. The highest BCUT2D eigenvalue weighted by Crippen LogP contribution is 2.18. The van der Waals surface area contributed by atoms with Gasteiger partial charge in [0.05, 0.1) is 26.7 Å². The molecule has 0 unspecified atom stereocenters. The lowest BCUT2D eigenvalue weighted by atomic mass is 10.0. The molecule has 1 aliphatic heterocycles. The number of nitrogens with zero attached hydrogens (tertiary/aromatic N) is 1. The van der Waals surface area contributed by atoms with Crippen molar-refractivity contribution in [1.82, 2.24) is 0 Å². The molecule has 0 amide bonds. The smallest absolute Gasteiger partial charge is 0.0825 e. The third-order valence-corrected chi connectivity index (χ3v) is 5.93. The van der Waals surface area contributed by atoms with Crippen LogP contribution >= 0.6 is 0 Å². The van der Waals surface area contributed by atoms with Crippen molar-refractivity contribution in [2.24, 2.45) is 0 Å². The molecule has 1 aromatic carbocycles. The van der Waals surface area contributed by atoms with E-state index in [9.17, 15) is 0 Å². The van der Waals surface area contributed by atoms with Crippen LogP contribution < -0.4 is 24.0 Å². The van der Waals surface area contributed by atoms with Gasteiger partial charge in [-0.1, -0.05) is 63.3 Å². The zero-order chi connectivity index (χ0) is 17.1. The predicted molar refractivity (Wildman–Crippen MR) is 106 cm³/mol. The van der Waals surface area contributed by atoms with Gasteiger partial charge in [0.25, 0.3) is 0 Å². The Balaban J connectivity index is 0.00000312. The molecule has 0 aromatic heterocycles. The van der Waals surface area contributed by atoms with Gasteiger partial charge in [-0.15, -0.1) is 0 Å². The molecule has 0 spiro atoms. The normalized spacial score (nSPS) is 16.9. The van der Waals surface area contributed by atoms with Gasteiger partial charge in [-0.3, -0.25) is 0 Å². The summed E-state index contributed by atoms with van der Waals surface area (Å²) in [6, 6.07) is 9.53. The van der Waals surface area contributed by atoms with Crippen LogP contribution in [0.1, 0.15) is 82.3 Å². The topological polar surface area (TPSA) is 0 Å². The van der Waals surface area contributed by atoms with Crippen LogP contribution in [-0.4, -0.2) is 31.2 Å². The number of hydrogen-bond acceptors (Lipinski definition) is 0. The van der Waals surface area contributed by atoms with E-state index < -0.39 is 0 Å². The van der Waals surface area contributed by atoms with Gasteiger partial charge < -0.3 is 28.5 Å². The van der Waals surface area contributed by atoms with Crippen molar-refractivity contribution in [2.75, 3.05) is 26.7 Å². The lowest BCUT2D eigenvalue weighted by Crippen LogP contribution is -3.00. The summed E-state index contributed by atoms with van der Waals surface area (Å²) in [4.78, 5) is 0. The van der Waals surface area contributed by atoms with Crippen molar-refractivity contribution in [1.29, 1.82) is 0 Å². The maximum Gasteiger partial charge on any atom is 0.0825 e. The number of halogens is 1. The predicted octanol–water partition coefficient (Wildman–Crippen LogP) is 3.16. The van der Waals surface area contributed by atoms with Crippen molar-refractivity contribution >= 4 is 0 Å². The standard InChI is InChI=1S/C23H40N.HI/c1-3-4-5-6-7-10-13-22-14-16-23(17-15-22)18-21-24(2)19-11-8-9-12-20-24;/h14-17H,3-13,18-21H2,1-2H3;1H/q+1;/p-1. The highest BCUT2D eigenvalue weighted by Gasteiger charge is 2.22. The van der Waals surface area contributed by atoms with Gasteiger partial charge >= 0.3 is 0 Å². The van der Waals surface area contributed by atoms with Crippen molar-refractivity contribution in [2.45, 2.75) is 84.0 Å². The van der Waals surface area contributed by atoms with E-state index in [1.807, 2.05) is 0 Å². The fraction of sp³-hybridized carbons (Fsp3) is 0.739. The number of benzene rings is 1. The Morgan fingerprint density at radius 2 is 1.24 bits per heavy atom. The number of hydrogen-bond donors (Lipinski definition) is 0. The van der Waals surface area contributed by atoms with Crippen LogP contribution in [0.3, 0.4) is 0 Å². The van der Waals surface area contributed by atoms with Crippen LogP contribution in [0.15, 0.2) is 24.3 Å². The average Bonchev–Trinajstić information content (AvgIpc) is 2.82. The number of likely N-dealkylation sites (N-methyl/N-ethyl adjacent to an activating group) is 1. The molecule has 1 aliphatic rings. The van der Waals surface area contributed by atoms with Gasteiger partial charge in [0.15, 0.2) is 0 Å². The van der Waals surface area contributed by atoms with E-state index in [0.29, 0.717) is 0 Å². The first-order valence-electron chi connectivity index (χ1n) is 10.6. The molecule has 2 heteroatoms. The molecule has 1 heterocycles. The maximum atomic E-state index is 2.47. The summed E-state index contributed by atoms with van der Waals surface area (Å²) in [5.41, 5.74) is 3.06. The van der Waals surface area contributed by atoms with Gasteiger partial charge in [0.1, 0.15) is 0 Å². The summed E-state index contributed by atoms with van der Waals surface area (Å²) in [6.07, 6.45) is 16.6. The molecule has 0 aliphatic carbocycles. The quantitative estimate of drug-likeness (QED) is 0.288. The molecule has 144 valence electrons. The van der Waals surface area contributed by atoms with Gasteiger partial charge in [-0.2, -0.15) is 0 Å². The largest absolute Gasteiger partial charge is 1.00 e. The van der Waals surface area contributed by atoms with Crippen LogP contribution in [0, 0.1) is 0 Å². The van der Waals surface area contributed by atoms with Crippen LogP contribution in [0.25, 0.3) is 0 Å². The first-order chi connectivity index (χ1) is 11.7. The molecule has 1 saturated heterocycles. The summed E-state index contributed by atoms with van der Waals surface area (Å²) < 4.78 is 1.29. The number of aryl methyl sites for hydroxylation is 1. The third-order valence-electron chi connectivity index (χ3n) is 5.93. The molecule has 1 fully saturated rings. The third kappa shape index (κ3) is 9.42. The molecular weight excluding hydrogens is 417 g/mol. The Hall–Kier alpha value is -0.0900. The van der Waals surface area contributed by atoms with Crippen LogP contribution in [0.4, 0.5) is 0 Å². The average molecular weight is 457 g/mol. The summed E-state index contributed by atoms with van der Waals surface area (Å²) in [7, 11) is 2.47. The molecule has 0 saturated carbocycles. The van der Waals surface area contributed by atoms with Gasteiger partial charge in [0.2, 0.25) is 0 Å². The van der Waals surface area contributed by atoms with Gasteiger partial charge in [-0.25, -0.2) is 0 Å². The molecular formula is C23H40IN. The highest BCUT2D eigenvalue weighted by atomic mass is 127. The fourth-order valence-electron chi connectivity index (χ4n) is 4.06. The first kappa shape index (κ1) is 23.0. The highest BCUT2D eigenvalue weighted by molar-refractivity contribution is 5.22. The minimum absolute atomic E-state index is 0.